The summed E-state index contributed by atoms with van der Waals surface area (Å²) in [5.74, 6) is 1.02. The van der Waals surface area contributed by atoms with Crippen molar-refractivity contribution in [1.29, 1.82) is 0 Å². The Morgan fingerprint density at radius 3 is 2.02 bits per heavy atom. The first-order valence-electron chi connectivity index (χ1n) is 14.2. The third-order valence-electron chi connectivity index (χ3n) is 6.65. The summed E-state index contributed by atoms with van der Waals surface area (Å²) in [6, 6.07) is 28.2. The molecule has 4 aromatic carbocycles. The first-order chi connectivity index (χ1) is 21.4. The molecular weight excluding hydrogens is 560 g/mol. The molecule has 0 aliphatic carbocycles. The van der Waals surface area contributed by atoms with Crippen LogP contribution in [0, 0.1) is 0 Å². The molecule has 0 spiro atoms. The molecule has 224 valence electrons. The maximum atomic E-state index is 13.2. The standard InChI is InChI=1S/C35H32N2O7/c1-3-41-28-17-13-27(14-18-28)37-34(39)30(33(38)36-35(37)40)20-24-10-15-29(16-11-24)43-23-26-12-19-31(32(21-26)42-4-2)44-22-25-8-6-5-7-9-25/h5-21H,3-4,22-23H2,1-2H3,(H,36,38,40)/b30-20+. The van der Waals surface area contributed by atoms with E-state index in [-0.39, 0.29) is 5.57 Å². The van der Waals surface area contributed by atoms with Gasteiger partial charge in [-0.3, -0.25) is 14.9 Å². The Morgan fingerprint density at radius 1 is 0.659 bits per heavy atom. The van der Waals surface area contributed by atoms with Crippen molar-refractivity contribution in [3.63, 3.8) is 0 Å². The number of benzene rings is 4. The Balaban J connectivity index is 1.24. The summed E-state index contributed by atoms with van der Waals surface area (Å²) in [6.07, 6.45) is 1.44. The van der Waals surface area contributed by atoms with Crippen molar-refractivity contribution in [2.24, 2.45) is 0 Å². The molecular formula is C35H32N2O7. The van der Waals surface area contributed by atoms with Gasteiger partial charge in [0, 0.05) is 0 Å². The van der Waals surface area contributed by atoms with E-state index in [1.807, 2.05) is 62.4 Å². The largest absolute Gasteiger partial charge is 0.494 e. The molecule has 1 fully saturated rings. The zero-order chi connectivity index (χ0) is 30.9. The van der Waals surface area contributed by atoms with Gasteiger partial charge in [-0.25, -0.2) is 9.69 Å². The van der Waals surface area contributed by atoms with E-state index in [0.717, 1.165) is 16.0 Å². The normalized spacial score (nSPS) is 13.9. The van der Waals surface area contributed by atoms with E-state index < -0.39 is 17.8 Å². The van der Waals surface area contributed by atoms with Crippen molar-refractivity contribution in [3.05, 3.63) is 119 Å². The summed E-state index contributed by atoms with van der Waals surface area (Å²) < 4.78 is 23.2. The van der Waals surface area contributed by atoms with Crippen LogP contribution in [-0.4, -0.2) is 31.1 Å². The highest BCUT2D eigenvalue weighted by Crippen LogP contribution is 2.30. The second-order valence-corrected chi connectivity index (χ2v) is 9.73. The fourth-order valence-electron chi connectivity index (χ4n) is 4.51. The van der Waals surface area contributed by atoms with E-state index >= 15 is 0 Å². The Hall–Kier alpha value is -5.57. The number of anilines is 1. The predicted octanol–water partition coefficient (Wildman–Crippen LogP) is 6.31. The third-order valence-corrected chi connectivity index (χ3v) is 6.65. The van der Waals surface area contributed by atoms with Gasteiger partial charge in [0.05, 0.1) is 18.9 Å². The molecule has 1 N–H and O–H groups in total. The molecule has 5 rings (SSSR count). The minimum atomic E-state index is -0.812. The third kappa shape index (κ3) is 7.25. The van der Waals surface area contributed by atoms with Crippen LogP contribution in [0.3, 0.4) is 0 Å². The van der Waals surface area contributed by atoms with Crippen LogP contribution in [0.4, 0.5) is 10.5 Å². The Labute approximate surface area is 255 Å². The van der Waals surface area contributed by atoms with E-state index in [1.54, 1.807) is 48.5 Å². The summed E-state index contributed by atoms with van der Waals surface area (Å²) in [5.41, 5.74) is 2.71. The second kappa shape index (κ2) is 14.1. The summed E-state index contributed by atoms with van der Waals surface area (Å²) in [6.45, 7) is 5.48. The van der Waals surface area contributed by atoms with Crippen molar-refractivity contribution < 1.29 is 33.3 Å². The number of nitrogens with zero attached hydrogens (tertiary/aromatic N) is 1. The second-order valence-electron chi connectivity index (χ2n) is 9.73. The van der Waals surface area contributed by atoms with Gasteiger partial charge in [0.1, 0.15) is 30.3 Å². The zero-order valence-electron chi connectivity index (χ0n) is 24.4. The summed E-state index contributed by atoms with van der Waals surface area (Å²) >= 11 is 0. The van der Waals surface area contributed by atoms with Gasteiger partial charge in [0.15, 0.2) is 11.5 Å². The molecule has 0 unspecified atom stereocenters. The highest BCUT2D eigenvalue weighted by atomic mass is 16.5. The summed E-state index contributed by atoms with van der Waals surface area (Å²) in [7, 11) is 0. The summed E-state index contributed by atoms with van der Waals surface area (Å²) in [4.78, 5) is 39.2. The minimum absolute atomic E-state index is 0.162. The number of rotatable bonds is 12. The van der Waals surface area contributed by atoms with Crippen molar-refractivity contribution in [2.75, 3.05) is 18.1 Å². The molecule has 0 aromatic heterocycles. The molecule has 0 bridgehead atoms. The number of imide groups is 2. The average Bonchev–Trinajstić information content (AvgIpc) is 3.04. The van der Waals surface area contributed by atoms with Gasteiger partial charge in [0.25, 0.3) is 11.8 Å². The lowest BCUT2D eigenvalue weighted by atomic mass is 10.1. The number of barbiturate groups is 1. The number of hydrogen-bond acceptors (Lipinski definition) is 7. The van der Waals surface area contributed by atoms with Crippen LogP contribution in [-0.2, 0) is 22.8 Å². The number of amides is 4. The Kier molecular flexibility index (Phi) is 9.56. The van der Waals surface area contributed by atoms with Gasteiger partial charge in [-0.05, 0) is 85.1 Å². The van der Waals surface area contributed by atoms with Crippen LogP contribution in [0.1, 0.15) is 30.5 Å². The maximum Gasteiger partial charge on any atom is 0.335 e. The molecule has 9 nitrogen and oxygen atoms in total. The van der Waals surface area contributed by atoms with Crippen molar-refractivity contribution >= 4 is 29.6 Å². The maximum absolute atomic E-state index is 13.2. The van der Waals surface area contributed by atoms with E-state index in [1.165, 1.54) is 6.08 Å². The molecule has 0 saturated carbocycles. The molecule has 1 aliphatic heterocycles. The minimum Gasteiger partial charge on any atom is -0.494 e. The van der Waals surface area contributed by atoms with E-state index in [4.69, 9.17) is 18.9 Å². The van der Waals surface area contributed by atoms with Crippen LogP contribution in [0.15, 0.2) is 103 Å². The molecule has 1 heterocycles. The van der Waals surface area contributed by atoms with Crippen LogP contribution < -0.4 is 29.2 Å². The van der Waals surface area contributed by atoms with Gasteiger partial charge in [-0.2, -0.15) is 0 Å². The van der Waals surface area contributed by atoms with E-state index in [2.05, 4.69) is 5.32 Å². The van der Waals surface area contributed by atoms with Crippen molar-refractivity contribution in [3.8, 4) is 23.0 Å². The fourth-order valence-corrected chi connectivity index (χ4v) is 4.51. The highest BCUT2D eigenvalue weighted by molar-refractivity contribution is 6.39. The molecule has 0 radical (unpaired) electrons. The lowest BCUT2D eigenvalue weighted by Gasteiger charge is -2.26. The summed E-state index contributed by atoms with van der Waals surface area (Å²) in [5, 5.41) is 2.24. The zero-order valence-corrected chi connectivity index (χ0v) is 24.4. The van der Waals surface area contributed by atoms with Gasteiger partial charge < -0.3 is 18.9 Å². The molecule has 4 aromatic rings. The number of carbonyl (C=O) groups is 3. The lowest BCUT2D eigenvalue weighted by molar-refractivity contribution is -0.122. The number of carbonyl (C=O) groups excluding carboxylic acids is 3. The Morgan fingerprint density at radius 2 is 1.32 bits per heavy atom. The number of ether oxygens (including phenoxy) is 4. The van der Waals surface area contributed by atoms with Crippen LogP contribution in [0.2, 0.25) is 0 Å². The number of nitrogens with one attached hydrogen (secondary N) is 1. The molecule has 4 amide bonds. The first kappa shape index (κ1) is 29.9. The molecule has 1 aliphatic rings. The lowest BCUT2D eigenvalue weighted by Crippen LogP contribution is -2.54. The monoisotopic (exact) mass is 592 g/mol. The van der Waals surface area contributed by atoms with E-state index in [9.17, 15) is 14.4 Å². The molecule has 0 atom stereocenters. The quantitative estimate of drug-likeness (QED) is 0.152. The molecule has 1 saturated heterocycles. The van der Waals surface area contributed by atoms with E-state index in [0.29, 0.717) is 60.7 Å². The number of hydrogen-bond donors (Lipinski definition) is 1. The topological polar surface area (TPSA) is 103 Å². The van der Waals surface area contributed by atoms with Gasteiger partial charge in [-0.15, -0.1) is 0 Å². The van der Waals surface area contributed by atoms with Gasteiger partial charge in [0.2, 0.25) is 0 Å². The van der Waals surface area contributed by atoms with Crippen molar-refractivity contribution in [2.45, 2.75) is 27.1 Å². The first-order valence-corrected chi connectivity index (χ1v) is 14.2. The van der Waals surface area contributed by atoms with Crippen LogP contribution in [0.5, 0.6) is 23.0 Å². The smallest absolute Gasteiger partial charge is 0.335 e. The fraction of sp³-hybridized carbons (Fsp3) is 0.171. The SMILES string of the molecule is CCOc1ccc(N2C(=O)NC(=O)/C(=C\c3ccc(OCc4ccc(OCc5ccccc5)c(OCC)c4)cc3)C2=O)cc1. The van der Waals surface area contributed by atoms with Crippen LogP contribution >= 0.6 is 0 Å². The molecule has 9 heteroatoms. The Bertz CT molecular complexity index is 1650. The average molecular weight is 593 g/mol. The van der Waals surface area contributed by atoms with Crippen LogP contribution in [0.25, 0.3) is 6.08 Å². The highest BCUT2D eigenvalue weighted by Gasteiger charge is 2.36. The van der Waals surface area contributed by atoms with Crippen molar-refractivity contribution in [1.82, 2.24) is 5.32 Å². The molecule has 44 heavy (non-hydrogen) atoms. The number of urea groups is 1. The van der Waals surface area contributed by atoms with Gasteiger partial charge in [-0.1, -0.05) is 48.5 Å². The predicted molar refractivity (Wildman–Crippen MR) is 166 cm³/mol. The van der Waals surface area contributed by atoms with Gasteiger partial charge >= 0.3 is 6.03 Å².